The van der Waals surface area contributed by atoms with E-state index in [9.17, 15) is 4.79 Å². The largest absolute Gasteiger partial charge is 0.322 e. The second-order valence-electron chi connectivity index (χ2n) is 7.33. The predicted molar refractivity (Wildman–Crippen MR) is 119 cm³/mol. The van der Waals surface area contributed by atoms with Gasteiger partial charge in [0.2, 0.25) is 0 Å². The Balaban J connectivity index is 1.69. The molecule has 3 nitrogen and oxygen atoms in total. The number of nitrogens with one attached hydrogen (secondary N) is 1. The summed E-state index contributed by atoms with van der Waals surface area (Å²) in [6.45, 7) is 4.09. The first-order valence-corrected chi connectivity index (χ1v) is 10.6. The smallest absolute Gasteiger partial charge is 0.259 e. The molecule has 0 unspecified atom stereocenters. The third-order valence-electron chi connectivity index (χ3n) is 5.14. The number of hydrogen-bond acceptors (Lipinski definition) is 3. The second-order valence-corrected chi connectivity index (χ2v) is 8.42. The van der Waals surface area contributed by atoms with Gasteiger partial charge >= 0.3 is 0 Å². The van der Waals surface area contributed by atoms with Gasteiger partial charge < -0.3 is 5.32 Å². The van der Waals surface area contributed by atoms with Crippen molar-refractivity contribution in [2.45, 2.75) is 39.5 Å². The van der Waals surface area contributed by atoms with Gasteiger partial charge in [-0.1, -0.05) is 48.0 Å². The molecule has 0 bridgehead atoms. The van der Waals surface area contributed by atoms with Gasteiger partial charge in [0.25, 0.3) is 5.91 Å². The van der Waals surface area contributed by atoms with Gasteiger partial charge in [0, 0.05) is 16.8 Å². The van der Waals surface area contributed by atoms with E-state index in [0.29, 0.717) is 0 Å². The number of aliphatic imine (C=N–C) groups is 1. The zero-order valence-electron chi connectivity index (χ0n) is 16.3. The van der Waals surface area contributed by atoms with E-state index in [2.05, 4.69) is 18.3 Å². The van der Waals surface area contributed by atoms with Gasteiger partial charge in [-0.25, -0.2) is 4.99 Å². The fourth-order valence-electron chi connectivity index (χ4n) is 3.69. The van der Waals surface area contributed by atoms with Gasteiger partial charge in [-0.3, -0.25) is 4.79 Å². The Morgan fingerprint density at radius 3 is 2.64 bits per heavy atom. The number of nitrogens with zero attached hydrogens (tertiary/aromatic N) is 1. The molecule has 4 rings (SSSR count). The molecule has 0 aliphatic heterocycles. The van der Waals surface area contributed by atoms with Crippen molar-refractivity contribution in [1.29, 1.82) is 0 Å². The van der Waals surface area contributed by atoms with Crippen molar-refractivity contribution in [2.24, 2.45) is 4.99 Å². The Labute approximate surface area is 170 Å². The van der Waals surface area contributed by atoms with Crippen molar-refractivity contribution in [3.63, 3.8) is 0 Å². The molecule has 1 aromatic heterocycles. The molecular weight excluding hydrogens is 364 g/mol. The van der Waals surface area contributed by atoms with E-state index in [-0.39, 0.29) is 5.91 Å². The van der Waals surface area contributed by atoms with Crippen LogP contribution in [0.25, 0.3) is 0 Å². The zero-order chi connectivity index (χ0) is 19.5. The highest BCUT2D eigenvalue weighted by atomic mass is 32.1. The number of benzene rings is 2. The molecule has 1 amide bonds. The molecule has 1 heterocycles. The normalized spacial score (nSPS) is 13.5. The van der Waals surface area contributed by atoms with Crippen molar-refractivity contribution in [1.82, 2.24) is 0 Å². The lowest BCUT2D eigenvalue weighted by molar-refractivity contribution is 0.102. The Bertz CT molecular complexity index is 1030. The highest BCUT2D eigenvalue weighted by Gasteiger charge is 2.25. The summed E-state index contributed by atoms with van der Waals surface area (Å²) in [5.41, 5.74) is 6.12. The average molecular weight is 389 g/mol. The molecule has 28 heavy (non-hydrogen) atoms. The van der Waals surface area contributed by atoms with Crippen LogP contribution in [0.4, 0.5) is 10.7 Å². The van der Waals surface area contributed by atoms with Gasteiger partial charge in [-0.2, -0.15) is 0 Å². The van der Waals surface area contributed by atoms with Crippen LogP contribution in [0.3, 0.4) is 0 Å². The number of fused-ring (bicyclic) bond motifs is 1. The average Bonchev–Trinajstić information content (AvgIpc) is 3.08. The maximum absolute atomic E-state index is 13.2. The number of hydrogen-bond donors (Lipinski definition) is 1. The second kappa shape index (κ2) is 8.11. The van der Waals surface area contributed by atoms with Gasteiger partial charge in [0.05, 0.1) is 5.56 Å². The molecular formula is C24H24N2OS. The SMILES string of the molecule is Cc1ccc(NC(=O)c2c(N=Cc3ccccc3)sc3c2CCCC3)c(C)c1. The third kappa shape index (κ3) is 3.92. The van der Waals surface area contributed by atoms with E-state index >= 15 is 0 Å². The molecule has 0 radical (unpaired) electrons. The molecule has 4 heteroatoms. The van der Waals surface area contributed by atoms with Gasteiger partial charge in [-0.05, 0) is 62.3 Å². The lowest BCUT2D eigenvalue weighted by Crippen LogP contribution is -2.15. The molecule has 1 aliphatic rings. The molecule has 0 saturated heterocycles. The molecule has 0 saturated carbocycles. The van der Waals surface area contributed by atoms with Crippen LogP contribution < -0.4 is 5.32 Å². The minimum absolute atomic E-state index is 0.0495. The number of aryl methyl sites for hydroxylation is 3. The summed E-state index contributed by atoms with van der Waals surface area (Å²) in [6, 6.07) is 16.1. The summed E-state index contributed by atoms with van der Waals surface area (Å²) in [5, 5.41) is 3.94. The number of carbonyl (C=O) groups is 1. The number of thiophene rings is 1. The third-order valence-corrected chi connectivity index (χ3v) is 6.34. The van der Waals surface area contributed by atoms with E-state index in [1.54, 1.807) is 11.3 Å². The van der Waals surface area contributed by atoms with Gasteiger partial charge in [0.1, 0.15) is 5.00 Å². The summed E-state index contributed by atoms with van der Waals surface area (Å²) in [5.74, 6) is -0.0495. The van der Waals surface area contributed by atoms with E-state index in [1.165, 1.54) is 22.4 Å². The van der Waals surface area contributed by atoms with Crippen LogP contribution >= 0.6 is 11.3 Å². The molecule has 0 fully saturated rings. The van der Waals surface area contributed by atoms with Crippen LogP contribution in [-0.2, 0) is 12.8 Å². The molecule has 1 N–H and O–H groups in total. The summed E-state index contributed by atoms with van der Waals surface area (Å²) in [7, 11) is 0. The van der Waals surface area contributed by atoms with Crippen molar-refractivity contribution in [2.75, 3.05) is 5.32 Å². The predicted octanol–water partition coefficient (Wildman–Crippen LogP) is 6.25. The Hall–Kier alpha value is -2.72. The quantitative estimate of drug-likeness (QED) is 0.528. The number of anilines is 1. The summed E-state index contributed by atoms with van der Waals surface area (Å²) < 4.78 is 0. The topological polar surface area (TPSA) is 41.5 Å². The molecule has 0 spiro atoms. The van der Waals surface area contributed by atoms with E-state index in [1.807, 2.05) is 55.6 Å². The van der Waals surface area contributed by atoms with Crippen molar-refractivity contribution < 1.29 is 4.79 Å². The minimum atomic E-state index is -0.0495. The molecule has 1 aliphatic carbocycles. The summed E-state index contributed by atoms with van der Waals surface area (Å²) in [6.07, 6.45) is 6.18. The first-order valence-electron chi connectivity index (χ1n) is 9.74. The maximum Gasteiger partial charge on any atom is 0.259 e. The highest BCUT2D eigenvalue weighted by molar-refractivity contribution is 7.16. The first-order chi connectivity index (χ1) is 13.6. The van der Waals surface area contributed by atoms with Crippen LogP contribution in [0.1, 0.15) is 50.3 Å². The van der Waals surface area contributed by atoms with Gasteiger partial charge in [0.15, 0.2) is 0 Å². The standard InChI is InChI=1S/C24H24N2OS/c1-16-12-13-20(17(2)14-16)26-23(27)22-19-10-6-7-11-21(19)28-24(22)25-15-18-8-4-3-5-9-18/h3-5,8-9,12-15H,6-7,10-11H2,1-2H3,(H,26,27). The highest BCUT2D eigenvalue weighted by Crippen LogP contribution is 2.40. The van der Waals surface area contributed by atoms with E-state index < -0.39 is 0 Å². The fraction of sp³-hybridized carbons (Fsp3) is 0.250. The van der Waals surface area contributed by atoms with E-state index in [0.717, 1.165) is 46.6 Å². The minimum Gasteiger partial charge on any atom is -0.322 e. The van der Waals surface area contributed by atoms with Crippen LogP contribution in [0.5, 0.6) is 0 Å². The van der Waals surface area contributed by atoms with Gasteiger partial charge in [-0.15, -0.1) is 11.3 Å². The Kier molecular flexibility index (Phi) is 5.40. The monoisotopic (exact) mass is 388 g/mol. The molecule has 0 atom stereocenters. The molecule has 2 aromatic carbocycles. The zero-order valence-corrected chi connectivity index (χ0v) is 17.1. The summed E-state index contributed by atoms with van der Waals surface area (Å²) >= 11 is 1.67. The number of carbonyl (C=O) groups excluding carboxylic acids is 1. The van der Waals surface area contributed by atoms with Crippen LogP contribution in [0, 0.1) is 13.8 Å². The van der Waals surface area contributed by atoms with Crippen LogP contribution in [0.15, 0.2) is 53.5 Å². The van der Waals surface area contributed by atoms with Crippen molar-refractivity contribution >= 4 is 34.1 Å². The molecule has 3 aromatic rings. The van der Waals surface area contributed by atoms with Crippen LogP contribution in [-0.4, -0.2) is 12.1 Å². The Morgan fingerprint density at radius 2 is 1.86 bits per heavy atom. The summed E-state index contributed by atoms with van der Waals surface area (Å²) in [4.78, 5) is 19.3. The lowest BCUT2D eigenvalue weighted by atomic mass is 9.95. The maximum atomic E-state index is 13.2. The first kappa shape index (κ1) is 18.6. The van der Waals surface area contributed by atoms with Crippen LogP contribution in [0.2, 0.25) is 0 Å². The lowest BCUT2D eigenvalue weighted by Gasteiger charge is -2.14. The molecule has 142 valence electrons. The van der Waals surface area contributed by atoms with E-state index in [4.69, 9.17) is 4.99 Å². The van der Waals surface area contributed by atoms with Crippen molar-refractivity contribution in [3.05, 3.63) is 81.2 Å². The van der Waals surface area contributed by atoms with Crippen molar-refractivity contribution in [3.8, 4) is 0 Å². The Morgan fingerprint density at radius 1 is 1.07 bits per heavy atom. The number of rotatable bonds is 4. The number of amides is 1. The fourth-order valence-corrected chi connectivity index (χ4v) is 4.92.